The zero-order valence-electron chi connectivity index (χ0n) is 10.3. The van der Waals surface area contributed by atoms with E-state index in [9.17, 15) is 0 Å². The molecular formula is C14H15N3S. The van der Waals surface area contributed by atoms with Gasteiger partial charge in [0.05, 0.1) is 16.6 Å². The molecule has 0 amide bonds. The first-order valence-electron chi connectivity index (χ1n) is 5.89. The van der Waals surface area contributed by atoms with Crippen molar-refractivity contribution in [2.75, 3.05) is 6.54 Å². The second-order valence-corrected chi connectivity index (χ2v) is 5.02. The van der Waals surface area contributed by atoms with Crippen molar-refractivity contribution in [3.05, 3.63) is 51.5 Å². The van der Waals surface area contributed by atoms with Gasteiger partial charge in [-0.1, -0.05) is 18.2 Å². The summed E-state index contributed by atoms with van der Waals surface area (Å²) in [6.07, 6.45) is 0.938. The van der Waals surface area contributed by atoms with E-state index < -0.39 is 0 Å². The molecule has 4 heteroatoms. The van der Waals surface area contributed by atoms with Crippen LogP contribution in [-0.4, -0.2) is 11.5 Å². The molecule has 3 nitrogen and oxygen atoms in total. The van der Waals surface area contributed by atoms with Crippen LogP contribution in [0, 0.1) is 18.3 Å². The van der Waals surface area contributed by atoms with Gasteiger partial charge in [-0.25, -0.2) is 4.98 Å². The molecule has 0 radical (unpaired) electrons. The summed E-state index contributed by atoms with van der Waals surface area (Å²) in [6, 6.07) is 9.89. The summed E-state index contributed by atoms with van der Waals surface area (Å²) in [5.41, 5.74) is 2.88. The number of nitrogens with zero attached hydrogens (tertiary/aromatic N) is 2. The van der Waals surface area contributed by atoms with Gasteiger partial charge in [-0.2, -0.15) is 5.26 Å². The van der Waals surface area contributed by atoms with E-state index in [1.165, 1.54) is 0 Å². The molecule has 1 N–H and O–H groups in total. The Morgan fingerprint density at radius 3 is 2.94 bits per heavy atom. The van der Waals surface area contributed by atoms with Gasteiger partial charge in [0.1, 0.15) is 0 Å². The third-order valence-corrected chi connectivity index (χ3v) is 3.66. The van der Waals surface area contributed by atoms with Crippen molar-refractivity contribution in [1.29, 1.82) is 5.26 Å². The van der Waals surface area contributed by atoms with Crippen LogP contribution < -0.4 is 5.32 Å². The summed E-state index contributed by atoms with van der Waals surface area (Å²) in [6.45, 7) is 3.62. The Hall–Kier alpha value is -1.70. The second-order valence-electron chi connectivity index (χ2n) is 4.08. The summed E-state index contributed by atoms with van der Waals surface area (Å²) >= 11 is 1.70. The molecule has 92 valence electrons. The average Bonchev–Trinajstić information content (AvgIpc) is 2.81. The average molecular weight is 257 g/mol. The summed E-state index contributed by atoms with van der Waals surface area (Å²) < 4.78 is 0. The fourth-order valence-corrected chi connectivity index (χ4v) is 2.50. The topological polar surface area (TPSA) is 48.7 Å². The van der Waals surface area contributed by atoms with Gasteiger partial charge in [0, 0.05) is 30.6 Å². The first kappa shape index (κ1) is 12.7. The number of nitrogens with one attached hydrogen (secondary N) is 1. The third kappa shape index (κ3) is 3.39. The van der Waals surface area contributed by atoms with Crippen molar-refractivity contribution >= 4 is 11.3 Å². The van der Waals surface area contributed by atoms with Gasteiger partial charge in [-0.15, -0.1) is 11.3 Å². The minimum atomic E-state index is 0.730. The monoisotopic (exact) mass is 257 g/mol. The molecule has 2 aromatic rings. The van der Waals surface area contributed by atoms with E-state index >= 15 is 0 Å². The fourth-order valence-electron chi connectivity index (χ4n) is 1.72. The minimum absolute atomic E-state index is 0.730. The van der Waals surface area contributed by atoms with Crippen molar-refractivity contribution in [2.24, 2.45) is 0 Å². The lowest BCUT2D eigenvalue weighted by Crippen LogP contribution is -2.17. The highest BCUT2D eigenvalue weighted by Crippen LogP contribution is 2.09. The number of nitriles is 1. The first-order valence-corrected chi connectivity index (χ1v) is 6.77. The van der Waals surface area contributed by atoms with E-state index in [-0.39, 0.29) is 0 Å². The third-order valence-electron chi connectivity index (χ3n) is 2.64. The highest BCUT2D eigenvalue weighted by atomic mass is 32.1. The summed E-state index contributed by atoms with van der Waals surface area (Å²) in [5, 5.41) is 15.5. The number of hydrogen-bond donors (Lipinski definition) is 1. The Kier molecular flexibility index (Phi) is 4.46. The lowest BCUT2D eigenvalue weighted by Gasteiger charge is -2.05. The lowest BCUT2D eigenvalue weighted by molar-refractivity contribution is 0.684. The number of benzene rings is 1. The maximum atomic E-state index is 8.97. The molecule has 1 heterocycles. The van der Waals surface area contributed by atoms with Crippen molar-refractivity contribution in [1.82, 2.24) is 10.3 Å². The summed E-state index contributed by atoms with van der Waals surface area (Å²) in [4.78, 5) is 4.42. The number of aryl methyl sites for hydroxylation is 1. The predicted octanol–water partition coefficient (Wildman–Crippen LogP) is 2.66. The van der Waals surface area contributed by atoms with Crippen LogP contribution in [0.5, 0.6) is 0 Å². The Balaban J connectivity index is 1.80. The van der Waals surface area contributed by atoms with E-state index in [0.717, 1.165) is 41.3 Å². The molecule has 0 saturated carbocycles. The Morgan fingerprint density at radius 2 is 2.22 bits per heavy atom. The predicted molar refractivity (Wildman–Crippen MR) is 73.4 cm³/mol. The Labute approximate surface area is 111 Å². The van der Waals surface area contributed by atoms with E-state index in [1.807, 2.05) is 31.2 Å². The van der Waals surface area contributed by atoms with Crippen LogP contribution in [0.4, 0.5) is 0 Å². The van der Waals surface area contributed by atoms with Crippen LogP contribution in [-0.2, 0) is 13.0 Å². The van der Waals surface area contributed by atoms with Gasteiger partial charge in [0.15, 0.2) is 0 Å². The zero-order chi connectivity index (χ0) is 12.8. The first-order chi connectivity index (χ1) is 8.79. The molecule has 2 rings (SSSR count). The van der Waals surface area contributed by atoms with Gasteiger partial charge in [-0.05, 0) is 18.6 Å². The number of aromatic nitrogens is 1. The normalized spacial score (nSPS) is 10.2. The smallest absolute Gasteiger partial charge is 0.0995 e. The summed E-state index contributed by atoms with van der Waals surface area (Å²) in [7, 11) is 0. The minimum Gasteiger partial charge on any atom is -0.312 e. The Bertz CT molecular complexity index is 554. The molecule has 0 unspecified atom stereocenters. The standard InChI is InChI=1S/C14H15N3S/c1-11-10-18-14(17-11)6-7-16-9-13-5-3-2-4-12(13)8-15/h2-5,10,16H,6-7,9H2,1H3. The lowest BCUT2D eigenvalue weighted by atomic mass is 10.1. The van der Waals surface area contributed by atoms with Crippen LogP contribution in [0.15, 0.2) is 29.6 Å². The quantitative estimate of drug-likeness (QED) is 0.838. The highest BCUT2D eigenvalue weighted by Gasteiger charge is 2.01. The van der Waals surface area contributed by atoms with Crippen LogP contribution in [0.25, 0.3) is 0 Å². The van der Waals surface area contributed by atoms with E-state index in [4.69, 9.17) is 5.26 Å². The van der Waals surface area contributed by atoms with E-state index in [0.29, 0.717) is 0 Å². The van der Waals surface area contributed by atoms with Crippen molar-refractivity contribution in [3.8, 4) is 6.07 Å². The second kappa shape index (κ2) is 6.29. The fraction of sp³-hybridized carbons (Fsp3) is 0.286. The molecular weight excluding hydrogens is 242 g/mol. The number of rotatable bonds is 5. The Morgan fingerprint density at radius 1 is 1.39 bits per heavy atom. The van der Waals surface area contributed by atoms with Crippen LogP contribution >= 0.6 is 11.3 Å². The highest BCUT2D eigenvalue weighted by molar-refractivity contribution is 7.09. The van der Waals surface area contributed by atoms with Crippen molar-refractivity contribution in [3.63, 3.8) is 0 Å². The van der Waals surface area contributed by atoms with Crippen molar-refractivity contribution in [2.45, 2.75) is 19.9 Å². The largest absolute Gasteiger partial charge is 0.312 e. The molecule has 0 fully saturated rings. The van der Waals surface area contributed by atoms with Crippen LogP contribution in [0.3, 0.4) is 0 Å². The van der Waals surface area contributed by atoms with Crippen LogP contribution in [0.2, 0.25) is 0 Å². The van der Waals surface area contributed by atoms with Gasteiger partial charge >= 0.3 is 0 Å². The van der Waals surface area contributed by atoms with Crippen molar-refractivity contribution < 1.29 is 0 Å². The molecule has 1 aromatic heterocycles. The molecule has 0 spiro atoms. The SMILES string of the molecule is Cc1csc(CCNCc2ccccc2C#N)n1. The number of thiazole rings is 1. The molecule has 0 aliphatic heterocycles. The maximum absolute atomic E-state index is 8.97. The molecule has 0 aliphatic carbocycles. The number of hydrogen-bond acceptors (Lipinski definition) is 4. The zero-order valence-corrected chi connectivity index (χ0v) is 11.1. The molecule has 0 aliphatic rings. The summed E-state index contributed by atoms with van der Waals surface area (Å²) in [5.74, 6) is 0. The maximum Gasteiger partial charge on any atom is 0.0995 e. The van der Waals surface area contributed by atoms with Gasteiger partial charge < -0.3 is 5.32 Å². The van der Waals surface area contributed by atoms with Crippen LogP contribution in [0.1, 0.15) is 21.8 Å². The molecule has 18 heavy (non-hydrogen) atoms. The molecule has 0 bridgehead atoms. The van der Waals surface area contributed by atoms with Gasteiger partial charge in [0.2, 0.25) is 0 Å². The molecule has 0 saturated heterocycles. The van der Waals surface area contributed by atoms with E-state index in [1.54, 1.807) is 11.3 Å². The molecule has 1 aromatic carbocycles. The van der Waals surface area contributed by atoms with E-state index in [2.05, 4.69) is 21.8 Å². The molecule has 0 atom stereocenters. The van der Waals surface area contributed by atoms with Gasteiger partial charge in [-0.3, -0.25) is 0 Å². The van der Waals surface area contributed by atoms with Gasteiger partial charge in [0.25, 0.3) is 0 Å².